The molecular formula is C17H28N2OS. The van der Waals surface area contributed by atoms with Crippen LogP contribution in [0, 0.1) is 18.8 Å². The molecule has 0 bridgehead atoms. The van der Waals surface area contributed by atoms with Gasteiger partial charge in [-0.3, -0.25) is 10.1 Å². The van der Waals surface area contributed by atoms with E-state index in [9.17, 15) is 4.79 Å². The Hall–Kier alpha value is -0.870. The van der Waals surface area contributed by atoms with Gasteiger partial charge in [0.2, 0.25) is 5.91 Å². The molecule has 1 aromatic heterocycles. The molecule has 4 heteroatoms. The van der Waals surface area contributed by atoms with Gasteiger partial charge >= 0.3 is 0 Å². The summed E-state index contributed by atoms with van der Waals surface area (Å²) in [6.45, 7) is 11.8. The first kappa shape index (κ1) is 16.5. The third-order valence-corrected chi connectivity index (χ3v) is 5.54. The lowest BCUT2D eigenvalue weighted by Gasteiger charge is -2.28. The molecule has 0 aliphatic carbocycles. The largest absolute Gasteiger partial charge is 0.320 e. The Kier molecular flexibility index (Phi) is 5.44. The van der Waals surface area contributed by atoms with Crippen LogP contribution in [0.2, 0.25) is 0 Å². The summed E-state index contributed by atoms with van der Waals surface area (Å²) in [5.41, 5.74) is 0. The van der Waals surface area contributed by atoms with Crippen molar-refractivity contribution in [3.05, 3.63) is 21.9 Å². The Labute approximate surface area is 132 Å². The number of amides is 1. The van der Waals surface area contributed by atoms with Crippen LogP contribution in [0.3, 0.4) is 0 Å². The molecule has 1 aliphatic heterocycles. The summed E-state index contributed by atoms with van der Waals surface area (Å²) in [6, 6.07) is 4.29. The van der Waals surface area contributed by atoms with E-state index in [1.54, 1.807) is 11.3 Å². The highest BCUT2D eigenvalue weighted by Gasteiger charge is 2.40. The second-order valence-corrected chi connectivity index (χ2v) is 7.89. The number of hydrogen-bond acceptors (Lipinski definition) is 3. The summed E-state index contributed by atoms with van der Waals surface area (Å²) in [5, 5.41) is 3.55. The maximum atomic E-state index is 12.7. The molecule has 1 aromatic rings. The van der Waals surface area contributed by atoms with Crippen molar-refractivity contribution in [1.29, 1.82) is 0 Å². The Bertz CT molecular complexity index is 483. The highest BCUT2D eigenvalue weighted by molar-refractivity contribution is 7.12. The van der Waals surface area contributed by atoms with E-state index in [4.69, 9.17) is 0 Å². The van der Waals surface area contributed by atoms with Gasteiger partial charge in [-0.15, -0.1) is 11.3 Å². The van der Waals surface area contributed by atoms with Crippen LogP contribution in [0.15, 0.2) is 12.1 Å². The topological polar surface area (TPSA) is 32.3 Å². The number of rotatable bonds is 6. The molecule has 0 spiro atoms. The normalized spacial score (nSPS) is 24.1. The smallest absolute Gasteiger partial charge is 0.241 e. The van der Waals surface area contributed by atoms with Crippen molar-refractivity contribution in [3.8, 4) is 0 Å². The molecule has 21 heavy (non-hydrogen) atoms. The van der Waals surface area contributed by atoms with Gasteiger partial charge in [0.15, 0.2) is 0 Å². The van der Waals surface area contributed by atoms with Crippen molar-refractivity contribution in [2.75, 3.05) is 6.54 Å². The van der Waals surface area contributed by atoms with E-state index < -0.39 is 0 Å². The van der Waals surface area contributed by atoms with Gasteiger partial charge in [0, 0.05) is 16.3 Å². The predicted molar refractivity (Wildman–Crippen MR) is 89.3 cm³/mol. The number of nitrogens with zero attached hydrogens (tertiary/aromatic N) is 1. The van der Waals surface area contributed by atoms with Crippen LogP contribution in [0.1, 0.15) is 56.5 Å². The summed E-state index contributed by atoms with van der Waals surface area (Å²) in [7, 11) is 0. The van der Waals surface area contributed by atoms with Gasteiger partial charge in [0.05, 0.1) is 6.04 Å². The van der Waals surface area contributed by atoms with E-state index in [-0.39, 0.29) is 18.1 Å². The van der Waals surface area contributed by atoms with Gasteiger partial charge in [-0.05, 0) is 37.3 Å². The minimum absolute atomic E-state index is 0.0123. The van der Waals surface area contributed by atoms with Crippen LogP contribution in [0.25, 0.3) is 0 Å². The molecule has 0 aromatic carbocycles. The minimum Gasteiger partial charge on any atom is -0.320 e. The summed E-state index contributed by atoms with van der Waals surface area (Å²) >= 11 is 1.79. The molecule has 3 nitrogen and oxygen atoms in total. The van der Waals surface area contributed by atoms with Crippen molar-refractivity contribution in [3.63, 3.8) is 0 Å². The van der Waals surface area contributed by atoms with E-state index in [1.165, 1.54) is 9.75 Å². The number of nitrogens with one attached hydrogen (secondary N) is 1. The number of aryl methyl sites for hydroxylation is 1. The first-order valence-electron chi connectivity index (χ1n) is 8.06. The fraction of sp³-hybridized carbons (Fsp3) is 0.706. The van der Waals surface area contributed by atoms with Gasteiger partial charge in [0.25, 0.3) is 0 Å². The average molecular weight is 308 g/mol. The fourth-order valence-corrected chi connectivity index (χ4v) is 3.68. The zero-order valence-electron chi connectivity index (χ0n) is 13.8. The summed E-state index contributed by atoms with van der Waals surface area (Å²) in [5.74, 6) is 1.38. The molecule has 1 fully saturated rings. The first-order chi connectivity index (χ1) is 9.93. The van der Waals surface area contributed by atoms with Crippen molar-refractivity contribution >= 4 is 17.2 Å². The van der Waals surface area contributed by atoms with Crippen LogP contribution in [-0.2, 0) is 4.79 Å². The van der Waals surface area contributed by atoms with Gasteiger partial charge in [-0.25, -0.2) is 0 Å². The lowest BCUT2D eigenvalue weighted by molar-refractivity contribution is -0.130. The molecule has 2 heterocycles. The maximum Gasteiger partial charge on any atom is 0.241 e. The highest BCUT2D eigenvalue weighted by Crippen LogP contribution is 2.32. The van der Waals surface area contributed by atoms with Crippen LogP contribution in [0.5, 0.6) is 0 Å². The van der Waals surface area contributed by atoms with Crippen molar-refractivity contribution in [2.45, 2.75) is 59.7 Å². The monoisotopic (exact) mass is 308 g/mol. The quantitative estimate of drug-likeness (QED) is 0.863. The van der Waals surface area contributed by atoms with Crippen LogP contribution in [-0.4, -0.2) is 23.4 Å². The molecule has 1 N–H and O–H groups in total. The Morgan fingerprint density at radius 3 is 2.57 bits per heavy atom. The lowest BCUT2D eigenvalue weighted by atomic mass is 9.97. The third kappa shape index (κ3) is 3.67. The molecular weight excluding hydrogens is 280 g/mol. The summed E-state index contributed by atoms with van der Waals surface area (Å²) in [6.07, 6.45) is 2.02. The minimum atomic E-state index is -0.0123. The Balaban J connectivity index is 2.20. The van der Waals surface area contributed by atoms with Gasteiger partial charge in [-0.2, -0.15) is 0 Å². The van der Waals surface area contributed by atoms with Gasteiger partial charge in [0.1, 0.15) is 6.17 Å². The lowest BCUT2D eigenvalue weighted by Crippen LogP contribution is -2.35. The van der Waals surface area contributed by atoms with E-state index in [0.29, 0.717) is 11.8 Å². The molecule has 1 saturated heterocycles. The molecule has 0 radical (unpaired) electrons. The van der Waals surface area contributed by atoms with Crippen LogP contribution in [0.4, 0.5) is 0 Å². The van der Waals surface area contributed by atoms with E-state index in [0.717, 1.165) is 19.4 Å². The summed E-state index contributed by atoms with van der Waals surface area (Å²) in [4.78, 5) is 17.3. The average Bonchev–Trinajstić information content (AvgIpc) is 2.97. The summed E-state index contributed by atoms with van der Waals surface area (Å²) < 4.78 is 0. The number of thiophene rings is 1. The molecule has 0 saturated carbocycles. The van der Waals surface area contributed by atoms with Crippen molar-refractivity contribution in [2.24, 2.45) is 11.8 Å². The molecule has 118 valence electrons. The first-order valence-corrected chi connectivity index (χ1v) is 8.88. The van der Waals surface area contributed by atoms with Crippen LogP contribution < -0.4 is 5.32 Å². The van der Waals surface area contributed by atoms with Crippen molar-refractivity contribution < 1.29 is 4.79 Å². The molecule has 1 amide bonds. The number of carbonyl (C=O) groups excluding carboxylic acids is 1. The van der Waals surface area contributed by atoms with Gasteiger partial charge < -0.3 is 4.90 Å². The fourth-order valence-electron chi connectivity index (χ4n) is 2.73. The third-order valence-electron chi connectivity index (χ3n) is 4.48. The molecule has 2 rings (SSSR count). The van der Waals surface area contributed by atoms with E-state index >= 15 is 0 Å². The zero-order chi connectivity index (χ0) is 15.6. The molecule has 1 aliphatic rings. The number of hydrogen-bond donors (Lipinski definition) is 1. The maximum absolute atomic E-state index is 12.7. The standard InChI is InChI=1S/C17H28N2OS/c1-6-7-14-17(20)19(10-12(4)11(2)3)16(18-14)15-9-8-13(5)21-15/h8-9,11-12,14,16,18H,6-7,10H2,1-5H3. The zero-order valence-corrected chi connectivity index (χ0v) is 14.7. The number of carbonyl (C=O) groups is 1. The Morgan fingerprint density at radius 1 is 1.33 bits per heavy atom. The second kappa shape index (κ2) is 6.93. The molecule has 3 unspecified atom stereocenters. The van der Waals surface area contributed by atoms with E-state index in [2.05, 4.69) is 57.0 Å². The second-order valence-electron chi connectivity index (χ2n) is 6.57. The van der Waals surface area contributed by atoms with Crippen molar-refractivity contribution in [1.82, 2.24) is 10.2 Å². The highest BCUT2D eigenvalue weighted by atomic mass is 32.1. The SMILES string of the molecule is CCCC1NC(c2ccc(C)s2)N(CC(C)C(C)C)C1=O. The Morgan fingerprint density at radius 2 is 2.05 bits per heavy atom. The molecule has 3 atom stereocenters. The van der Waals surface area contributed by atoms with E-state index in [1.807, 2.05) is 0 Å². The predicted octanol–water partition coefficient (Wildman–Crippen LogP) is 3.95. The van der Waals surface area contributed by atoms with Crippen LogP contribution >= 0.6 is 11.3 Å². The van der Waals surface area contributed by atoms with Gasteiger partial charge in [-0.1, -0.05) is 34.1 Å².